The standard InChI is InChI=1S/C17H21NO3S.ClH/c1-12(17-8-5-9-22-17)18-10-14(20)11-21-16-7-4-3-6-15(16)13(2)19;/h3-9,12,14,18,20H,10-11H2,1-2H3;1H. The van der Waals surface area contributed by atoms with Crippen molar-refractivity contribution in [3.63, 3.8) is 0 Å². The number of carbonyl (C=O) groups excluding carboxylic acids is 1. The van der Waals surface area contributed by atoms with Crippen molar-refractivity contribution in [1.82, 2.24) is 5.32 Å². The fraction of sp³-hybridized carbons (Fsp3) is 0.353. The number of hydrogen-bond donors (Lipinski definition) is 2. The van der Waals surface area contributed by atoms with Crippen molar-refractivity contribution in [2.75, 3.05) is 13.2 Å². The lowest BCUT2D eigenvalue weighted by Crippen LogP contribution is -2.32. The minimum Gasteiger partial charge on any atom is -0.490 e. The van der Waals surface area contributed by atoms with E-state index in [9.17, 15) is 9.90 Å². The van der Waals surface area contributed by atoms with Gasteiger partial charge in [0.2, 0.25) is 0 Å². The molecule has 0 bridgehead atoms. The number of para-hydroxylation sites is 1. The Morgan fingerprint density at radius 2 is 2.04 bits per heavy atom. The van der Waals surface area contributed by atoms with E-state index in [4.69, 9.17) is 4.74 Å². The molecule has 0 saturated heterocycles. The molecule has 6 heteroatoms. The van der Waals surface area contributed by atoms with E-state index in [1.54, 1.807) is 29.5 Å². The zero-order chi connectivity index (χ0) is 15.9. The molecule has 2 aromatic rings. The van der Waals surface area contributed by atoms with Gasteiger partial charge in [-0.15, -0.1) is 23.7 Å². The smallest absolute Gasteiger partial charge is 0.163 e. The number of nitrogens with one attached hydrogen (secondary N) is 1. The van der Waals surface area contributed by atoms with Gasteiger partial charge in [0.15, 0.2) is 5.78 Å². The van der Waals surface area contributed by atoms with E-state index in [2.05, 4.69) is 18.3 Å². The first-order chi connectivity index (χ1) is 10.6. The molecule has 0 fully saturated rings. The van der Waals surface area contributed by atoms with E-state index in [-0.39, 0.29) is 30.8 Å². The summed E-state index contributed by atoms with van der Waals surface area (Å²) in [5.74, 6) is 0.467. The summed E-state index contributed by atoms with van der Waals surface area (Å²) < 4.78 is 5.58. The van der Waals surface area contributed by atoms with E-state index in [1.807, 2.05) is 17.5 Å². The van der Waals surface area contributed by atoms with Gasteiger partial charge in [0.1, 0.15) is 18.5 Å². The molecule has 0 spiro atoms. The summed E-state index contributed by atoms with van der Waals surface area (Å²) >= 11 is 1.69. The Hall–Kier alpha value is -1.40. The van der Waals surface area contributed by atoms with Crippen molar-refractivity contribution >= 4 is 29.5 Å². The van der Waals surface area contributed by atoms with Crippen molar-refractivity contribution in [3.8, 4) is 5.75 Å². The molecule has 4 nitrogen and oxygen atoms in total. The maximum atomic E-state index is 11.5. The van der Waals surface area contributed by atoms with Crippen LogP contribution < -0.4 is 10.1 Å². The van der Waals surface area contributed by atoms with E-state index in [0.717, 1.165) is 0 Å². The van der Waals surface area contributed by atoms with Crippen LogP contribution in [-0.4, -0.2) is 30.1 Å². The second kappa shape index (κ2) is 9.67. The SMILES string of the molecule is CC(=O)c1ccccc1OCC(O)CNC(C)c1cccs1.Cl. The molecular formula is C17H22ClNO3S. The second-order valence-corrected chi connectivity index (χ2v) is 6.14. The second-order valence-electron chi connectivity index (χ2n) is 5.16. The molecule has 2 atom stereocenters. The predicted octanol–water partition coefficient (Wildman–Crippen LogP) is 3.46. The summed E-state index contributed by atoms with van der Waals surface area (Å²) in [6, 6.07) is 11.3. The van der Waals surface area contributed by atoms with Crippen LogP contribution in [-0.2, 0) is 0 Å². The van der Waals surface area contributed by atoms with Crippen LogP contribution in [0.25, 0.3) is 0 Å². The van der Waals surface area contributed by atoms with E-state index < -0.39 is 6.10 Å². The fourth-order valence-corrected chi connectivity index (χ4v) is 2.84. The van der Waals surface area contributed by atoms with Crippen LogP contribution in [0.4, 0.5) is 0 Å². The van der Waals surface area contributed by atoms with Crippen LogP contribution in [0.5, 0.6) is 5.75 Å². The van der Waals surface area contributed by atoms with E-state index >= 15 is 0 Å². The molecule has 0 saturated carbocycles. The number of Topliss-reactive ketones (excluding diaryl/α,β-unsaturated/α-hetero) is 1. The van der Waals surface area contributed by atoms with Crippen LogP contribution in [0.1, 0.15) is 35.1 Å². The highest BCUT2D eigenvalue weighted by molar-refractivity contribution is 7.10. The number of ether oxygens (including phenoxy) is 1. The molecule has 1 heterocycles. The van der Waals surface area contributed by atoms with Gasteiger partial charge in [0.25, 0.3) is 0 Å². The lowest BCUT2D eigenvalue weighted by Gasteiger charge is -2.17. The van der Waals surface area contributed by atoms with Gasteiger partial charge in [-0.05, 0) is 37.4 Å². The Labute approximate surface area is 146 Å². The number of benzene rings is 1. The van der Waals surface area contributed by atoms with E-state index in [1.165, 1.54) is 11.8 Å². The van der Waals surface area contributed by atoms with Crippen molar-refractivity contribution in [3.05, 3.63) is 52.2 Å². The van der Waals surface area contributed by atoms with Gasteiger partial charge >= 0.3 is 0 Å². The fourth-order valence-electron chi connectivity index (χ4n) is 2.08. The summed E-state index contributed by atoms with van der Waals surface area (Å²) in [5.41, 5.74) is 0.537. The minimum atomic E-state index is -0.637. The minimum absolute atomic E-state index is 0. The average Bonchev–Trinajstić information content (AvgIpc) is 3.05. The molecular weight excluding hydrogens is 334 g/mol. The molecule has 2 N–H and O–H groups in total. The monoisotopic (exact) mass is 355 g/mol. The quantitative estimate of drug-likeness (QED) is 0.712. The number of thiophene rings is 1. The Morgan fingerprint density at radius 3 is 2.70 bits per heavy atom. The van der Waals surface area contributed by atoms with Gasteiger partial charge in [0, 0.05) is 17.5 Å². The summed E-state index contributed by atoms with van der Waals surface area (Å²) in [6.07, 6.45) is -0.637. The molecule has 0 aliphatic heterocycles. The number of hydrogen-bond acceptors (Lipinski definition) is 5. The van der Waals surface area contributed by atoms with Crippen molar-refractivity contribution in [2.24, 2.45) is 0 Å². The van der Waals surface area contributed by atoms with Gasteiger partial charge in [0.05, 0.1) is 5.56 Å². The highest BCUT2D eigenvalue weighted by Gasteiger charge is 2.12. The van der Waals surface area contributed by atoms with Gasteiger partial charge in [-0.2, -0.15) is 0 Å². The van der Waals surface area contributed by atoms with Crippen molar-refractivity contribution < 1.29 is 14.6 Å². The zero-order valence-corrected chi connectivity index (χ0v) is 14.8. The van der Waals surface area contributed by atoms with Crippen molar-refractivity contribution in [1.29, 1.82) is 0 Å². The molecule has 0 aliphatic carbocycles. The van der Waals surface area contributed by atoms with Crippen LogP contribution >= 0.6 is 23.7 Å². The normalized spacial score (nSPS) is 13.0. The van der Waals surface area contributed by atoms with Crippen molar-refractivity contribution in [2.45, 2.75) is 26.0 Å². The number of aliphatic hydroxyl groups is 1. The number of rotatable bonds is 8. The first kappa shape index (κ1) is 19.6. The number of halogens is 1. The summed E-state index contributed by atoms with van der Waals surface area (Å²) in [6.45, 7) is 4.14. The first-order valence-electron chi connectivity index (χ1n) is 7.25. The number of ketones is 1. The Balaban J connectivity index is 0.00000264. The highest BCUT2D eigenvalue weighted by atomic mass is 35.5. The van der Waals surface area contributed by atoms with Gasteiger partial charge in [-0.25, -0.2) is 0 Å². The lowest BCUT2D eigenvalue weighted by molar-refractivity contribution is 0.0967. The van der Waals surface area contributed by atoms with Gasteiger partial charge in [-0.3, -0.25) is 4.79 Å². The molecule has 126 valence electrons. The molecule has 0 radical (unpaired) electrons. The highest BCUT2D eigenvalue weighted by Crippen LogP contribution is 2.19. The molecule has 0 aliphatic rings. The summed E-state index contributed by atoms with van der Waals surface area (Å²) in [7, 11) is 0. The van der Waals surface area contributed by atoms with Crippen LogP contribution in [0.3, 0.4) is 0 Å². The Morgan fingerprint density at radius 1 is 1.30 bits per heavy atom. The maximum absolute atomic E-state index is 11.5. The third-order valence-electron chi connectivity index (χ3n) is 3.33. The third-order valence-corrected chi connectivity index (χ3v) is 4.38. The molecule has 0 amide bonds. The third kappa shape index (κ3) is 5.95. The maximum Gasteiger partial charge on any atom is 0.163 e. The summed E-state index contributed by atoms with van der Waals surface area (Å²) in [4.78, 5) is 12.7. The Kier molecular flexibility index (Phi) is 8.26. The summed E-state index contributed by atoms with van der Waals surface area (Å²) in [5, 5.41) is 15.3. The van der Waals surface area contributed by atoms with Crippen LogP contribution in [0, 0.1) is 0 Å². The van der Waals surface area contributed by atoms with Gasteiger partial charge in [-0.1, -0.05) is 18.2 Å². The predicted molar refractivity (Wildman–Crippen MR) is 95.9 cm³/mol. The topological polar surface area (TPSA) is 58.6 Å². The zero-order valence-electron chi connectivity index (χ0n) is 13.2. The molecule has 1 aromatic carbocycles. The molecule has 23 heavy (non-hydrogen) atoms. The Bertz CT molecular complexity index is 604. The van der Waals surface area contributed by atoms with Crippen LogP contribution in [0.2, 0.25) is 0 Å². The molecule has 2 unspecified atom stereocenters. The first-order valence-corrected chi connectivity index (χ1v) is 8.13. The average molecular weight is 356 g/mol. The van der Waals surface area contributed by atoms with Gasteiger partial charge < -0.3 is 15.2 Å². The van der Waals surface area contributed by atoms with E-state index in [0.29, 0.717) is 17.9 Å². The largest absolute Gasteiger partial charge is 0.490 e. The lowest BCUT2D eigenvalue weighted by atomic mass is 10.1. The molecule has 2 rings (SSSR count). The number of carbonyl (C=O) groups is 1. The van der Waals surface area contributed by atoms with Crippen LogP contribution in [0.15, 0.2) is 41.8 Å². The molecule has 1 aromatic heterocycles. The number of aliphatic hydroxyl groups excluding tert-OH is 1.